The molecule has 1 aromatic heterocycles. The highest BCUT2D eigenvalue weighted by molar-refractivity contribution is 6.29. The van der Waals surface area contributed by atoms with Crippen LogP contribution in [0.3, 0.4) is 0 Å². The molecule has 0 atom stereocenters. The van der Waals surface area contributed by atoms with Gasteiger partial charge in [0.2, 0.25) is 0 Å². The Morgan fingerprint density at radius 1 is 1.44 bits per heavy atom. The number of pyridine rings is 1. The van der Waals surface area contributed by atoms with E-state index in [9.17, 15) is 9.59 Å². The lowest BCUT2D eigenvalue weighted by Crippen LogP contribution is -2.30. The number of carbonyl (C=O) groups excluding carboxylic acids is 1. The SMILES string of the molecule is CC(C)(C)OC(=O)Cn1c(Cl)cccc1=O. The molecule has 4 nitrogen and oxygen atoms in total. The van der Waals surface area contributed by atoms with Gasteiger partial charge >= 0.3 is 5.97 Å². The third kappa shape index (κ3) is 3.70. The third-order valence-corrected chi connectivity index (χ3v) is 2.03. The second kappa shape index (κ2) is 4.70. The Morgan fingerprint density at radius 3 is 2.56 bits per heavy atom. The highest BCUT2D eigenvalue weighted by atomic mass is 35.5. The molecule has 88 valence electrons. The van der Waals surface area contributed by atoms with Gasteiger partial charge in [-0.3, -0.25) is 14.2 Å². The molecule has 16 heavy (non-hydrogen) atoms. The van der Waals surface area contributed by atoms with E-state index in [-0.39, 0.29) is 17.3 Å². The van der Waals surface area contributed by atoms with E-state index in [2.05, 4.69) is 0 Å². The fourth-order valence-electron chi connectivity index (χ4n) is 1.15. The molecular weight excluding hydrogens is 230 g/mol. The number of carbonyl (C=O) groups is 1. The first-order chi connectivity index (χ1) is 7.29. The minimum Gasteiger partial charge on any atom is -0.459 e. The van der Waals surface area contributed by atoms with Crippen LogP contribution in [0.2, 0.25) is 5.15 Å². The summed E-state index contributed by atoms with van der Waals surface area (Å²) in [6.07, 6.45) is 0. The summed E-state index contributed by atoms with van der Waals surface area (Å²) in [7, 11) is 0. The zero-order chi connectivity index (χ0) is 12.3. The van der Waals surface area contributed by atoms with Crippen LogP contribution in [0, 0.1) is 0 Å². The monoisotopic (exact) mass is 243 g/mol. The smallest absolute Gasteiger partial charge is 0.326 e. The lowest BCUT2D eigenvalue weighted by atomic mass is 10.2. The van der Waals surface area contributed by atoms with Crippen molar-refractivity contribution < 1.29 is 9.53 Å². The molecule has 0 radical (unpaired) electrons. The Hall–Kier alpha value is -1.29. The summed E-state index contributed by atoms with van der Waals surface area (Å²) in [6, 6.07) is 4.43. The van der Waals surface area contributed by atoms with Gasteiger partial charge in [-0.15, -0.1) is 0 Å². The fraction of sp³-hybridized carbons (Fsp3) is 0.455. The van der Waals surface area contributed by atoms with Crippen molar-refractivity contribution in [3.05, 3.63) is 33.7 Å². The largest absolute Gasteiger partial charge is 0.459 e. The number of esters is 1. The van der Waals surface area contributed by atoms with E-state index < -0.39 is 11.6 Å². The van der Waals surface area contributed by atoms with E-state index in [0.29, 0.717) is 0 Å². The summed E-state index contributed by atoms with van der Waals surface area (Å²) in [6.45, 7) is 5.12. The second-order valence-electron chi connectivity index (χ2n) is 4.36. The number of aromatic nitrogens is 1. The van der Waals surface area contributed by atoms with Crippen LogP contribution in [0.25, 0.3) is 0 Å². The first-order valence-electron chi connectivity index (χ1n) is 4.87. The molecule has 0 aliphatic carbocycles. The normalized spacial score (nSPS) is 11.2. The molecule has 0 aromatic carbocycles. The molecule has 0 saturated heterocycles. The van der Waals surface area contributed by atoms with Crippen LogP contribution in [0.4, 0.5) is 0 Å². The average Bonchev–Trinajstić information content (AvgIpc) is 2.08. The van der Waals surface area contributed by atoms with Gasteiger partial charge in [0.15, 0.2) is 0 Å². The average molecular weight is 244 g/mol. The highest BCUT2D eigenvalue weighted by Crippen LogP contribution is 2.09. The molecule has 0 aliphatic heterocycles. The van der Waals surface area contributed by atoms with Crippen molar-refractivity contribution in [3.63, 3.8) is 0 Å². The van der Waals surface area contributed by atoms with Gasteiger partial charge in [-0.25, -0.2) is 0 Å². The Kier molecular flexibility index (Phi) is 3.75. The molecule has 0 N–H and O–H groups in total. The maximum Gasteiger partial charge on any atom is 0.326 e. The van der Waals surface area contributed by atoms with Crippen LogP contribution >= 0.6 is 11.6 Å². The number of ether oxygens (including phenoxy) is 1. The minimum atomic E-state index is -0.568. The lowest BCUT2D eigenvalue weighted by Gasteiger charge is -2.20. The summed E-state index contributed by atoms with van der Waals surface area (Å²) in [4.78, 5) is 22.9. The van der Waals surface area contributed by atoms with Crippen LogP contribution in [-0.2, 0) is 16.1 Å². The number of hydrogen-bond donors (Lipinski definition) is 0. The van der Waals surface area contributed by atoms with Crippen molar-refractivity contribution in [1.82, 2.24) is 4.57 Å². The van der Waals surface area contributed by atoms with Gasteiger partial charge in [-0.05, 0) is 26.8 Å². The quantitative estimate of drug-likeness (QED) is 0.588. The zero-order valence-electron chi connectivity index (χ0n) is 9.49. The van der Waals surface area contributed by atoms with E-state index in [1.807, 2.05) is 0 Å². The van der Waals surface area contributed by atoms with Gasteiger partial charge in [0.25, 0.3) is 5.56 Å². The molecule has 5 heteroatoms. The standard InChI is InChI=1S/C11H14ClNO3/c1-11(2,3)16-10(15)7-13-8(12)5-4-6-9(13)14/h4-6H,7H2,1-3H3. The predicted octanol–water partition coefficient (Wildman–Crippen LogP) is 1.84. The first-order valence-corrected chi connectivity index (χ1v) is 5.24. The minimum absolute atomic E-state index is 0.171. The van der Waals surface area contributed by atoms with Crippen LogP contribution in [-0.4, -0.2) is 16.1 Å². The Morgan fingerprint density at radius 2 is 2.06 bits per heavy atom. The van der Waals surface area contributed by atoms with Crippen molar-refractivity contribution >= 4 is 17.6 Å². The summed E-state index contributed by atoms with van der Waals surface area (Å²) in [5.74, 6) is -0.484. The molecular formula is C11H14ClNO3. The lowest BCUT2D eigenvalue weighted by molar-refractivity contribution is -0.155. The van der Waals surface area contributed by atoms with Gasteiger partial charge in [-0.1, -0.05) is 17.7 Å². The second-order valence-corrected chi connectivity index (χ2v) is 4.75. The van der Waals surface area contributed by atoms with Gasteiger partial charge in [-0.2, -0.15) is 0 Å². The van der Waals surface area contributed by atoms with Crippen molar-refractivity contribution in [3.8, 4) is 0 Å². The number of halogens is 1. The van der Waals surface area contributed by atoms with Crippen LogP contribution in [0.15, 0.2) is 23.0 Å². The summed E-state index contributed by atoms with van der Waals surface area (Å²) < 4.78 is 6.26. The van der Waals surface area contributed by atoms with Crippen molar-refractivity contribution in [2.75, 3.05) is 0 Å². The third-order valence-electron chi connectivity index (χ3n) is 1.70. The van der Waals surface area contributed by atoms with Crippen molar-refractivity contribution in [2.45, 2.75) is 32.9 Å². The zero-order valence-corrected chi connectivity index (χ0v) is 10.2. The first kappa shape index (κ1) is 12.8. The van der Waals surface area contributed by atoms with E-state index in [1.165, 1.54) is 12.1 Å². The Labute approximate surface area is 98.8 Å². The Balaban J connectivity index is 2.82. The van der Waals surface area contributed by atoms with E-state index >= 15 is 0 Å². The Bertz CT molecular complexity index is 445. The summed E-state index contributed by atoms with van der Waals surface area (Å²) in [5.41, 5.74) is -0.888. The molecule has 0 fully saturated rings. The molecule has 1 heterocycles. The topological polar surface area (TPSA) is 48.3 Å². The molecule has 0 amide bonds. The van der Waals surface area contributed by atoms with Gasteiger partial charge in [0.1, 0.15) is 17.3 Å². The number of hydrogen-bond acceptors (Lipinski definition) is 3. The van der Waals surface area contributed by atoms with Gasteiger partial charge in [0.05, 0.1) is 0 Å². The fourth-order valence-corrected chi connectivity index (χ4v) is 1.37. The molecule has 0 aliphatic rings. The molecule has 1 rings (SSSR count). The number of nitrogens with zero attached hydrogens (tertiary/aromatic N) is 1. The summed E-state index contributed by atoms with van der Waals surface area (Å²) in [5, 5.41) is 0.221. The maximum atomic E-state index is 11.5. The predicted molar refractivity (Wildman–Crippen MR) is 61.6 cm³/mol. The van der Waals surface area contributed by atoms with E-state index in [4.69, 9.17) is 16.3 Å². The summed E-state index contributed by atoms with van der Waals surface area (Å²) >= 11 is 5.80. The van der Waals surface area contributed by atoms with Crippen LogP contribution < -0.4 is 5.56 Å². The molecule has 0 spiro atoms. The van der Waals surface area contributed by atoms with Crippen molar-refractivity contribution in [2.24, 2.45) is 0 Å². The molecule has 0 bridgehead atoms. The van der Waals surface area contributed by atoms with Crippen LogP contribution in [0.1, 0.15) is 20.8 Å². The van der Waals surface area contributed by atoms with Gasteiger partial charge < -0.3 is 4.74 Å². The van der Waals surface area contributed by atoms with Crippen molar-refractivity contribution in [1.29, 1.82) is 0 Å². The number of rotatable bonds is 2. The van der Waals surface area contributed by atoms with Gasteiger partial charge in [0, 0.05) is 6.07 Å². The maximum absolute atomic E-state index is 11.5. The van der Waals surface area contributed by atoms with Crippen LogP contribution in [0.5, 0.6) is 0 Å². The highest BCUT2D eigenvalue weighted by Gasteiger charge is 2.17. The molecule has 0 saturated carbocycles. The van der Waals surface area contributed by atoms with E-state index in [0.717, 1.165) is 4.57 Å². The molecule has 0 unspecified atom stereocenters. The van der Waals surface area contributed by atoms with E-state index in [1.54, 1.807) is 26.8 Å². The molecule has 1 aromatic rings.